The van der Waals surface area contributed by atoms with Crippen molar-refractivity contribution in [3.63, 3.8) is 0 Å². The lowest BCUT2D eigenvalue weighted by atomic mass is 10.4. The van der Waals surface area contributed by atoms with Crippen molar-refractivity contribution >= 4 is 14.6 Å². The monoisotopic (exact) mass is 256 g/mol. The van der Waals surface area contributed by atoms with Crippen molar-refractivity contribution in [3.8, 4) is 0 Å². The van der Waals surface area contributed by atoms with Gasteiger partial charge >= 0.3 is 0 Å². The van der Waals surface area contributed by atoms with Gasteiger partial charge in [-0.25, -0.2) is 0 Å². The van der Waals surface area contributed by atoms with E-state index in [4.69, 9.17) is 4.43 Å². The standard InChI is InChI=1S/C14H28O2Si/c1-11(2)17(12(3)4,13(5)6)16-14(7)9-8-10-15/h8-14H,1-7H3/b9-8-/t14-/m0/s1. The molecular formula is C14H28O2Si. The summed E-state index contributed by atoms with van der Waals surface area (Å²) in [5.41, 5.74) is 1.73. The zero-order valence-corrected chi connectivity index (χ0v) is 13.4. The van der Waals surface area contributed by atoms with Crippen molar-refractivity contribution in [3.05, 3.63) is 12.2 Å². The fourth-order valence-electron chi connectivity index (χ4n) is 2.97. The van der Waals surface area contributed by atoms with Gasteiger partial charge < -0.3 is 4.43 Å². The van der Waals surface area contributed by atoms with Crippen molar-refractivity contribution in [2.45, 2.75) is 71.2 Å². The molecule has 0 bridgehead atoms. The molecule has 0 aliphatic rings. The molecule has 0 spiro atoms. The van der Waals surface area contributed by atoms with Crippen LogP contribution in [0.25, 0.3) is 0 Å². The van der Waals surface area contributed by atoms with Crippen LogP contribution in [0.15, 0.2) is 12.2 Å². The molecule has 17 heavy (non-hydrogen) atoms. The first-order chi connectivity index (χ1) is 7.78. The van der Waals surface area contributed by atoms with E-state index in [0.29, 0.717) is 16.6 Å². The highest BCUT2D eigenvalue weighted by Crippen LogP contribution is 2.42. The van der Waals surface area contributed by atoms with Crippen molar-refractivity contribution in [2.24, 2.45) is 0 Å². The molecule has 0 unspecified atom stereocenters. The number of hydrogen-bond acceptors (Lipinski definition) is 2. The average Bonchev–Trinajstić information content (AvgIpc) is 2.21. The molecule has 0 aromatic carbocycles. The summed E-state index contributed by atoms with van der Waals surface area (Å²) in [5.74, 6) is 0. The Bertz CT molecular complexity index is 235. The molecule has 0 aliphatic carbocycles. The van der Waals surface area contributed by atoms with E-state index in [0.717, 1.165) is 6.29 Å². The van der Waals surface area contributed by atoms with Crippen LogP contribution in [0.1, 0.15) is 48.5 Å². The molecule has 3 heteroatoms. The molecule has 0 aliphatic heterocycles. The van der Waals surface area contributed by atoms with Crippen LogP contribution in [0.3, 0.4) is 0 Å². The maximum atomic E-state index is 10.3. The van der Waals surface area contributed by atoms with Gasteiger partial charge in [0, 0.05) is 0 Å². The number of carbonyl (C=O) groups is 1. The van der Waals surface area contributed by atoms with Crippen LogP contribution in [0.5, 0.6) is 0 Å². The summed E-state index contributed by atoms with van der Waals surface area (Å²) >= 11 is 0. The Hall–Kier alpha value is -0.413. The molecule has 0 radical (unpaired) electrons. The minimum Gasteiger partial charge on any atom is -0.410 e. The van der Waals surface area contributed by atoms with Crippen molar-refractivity contribution in [2.75, 3.05) is 0 Å². The van der Waals surface area contributed by atoms with Crippen LogP contribution in [-0.4, -0.2) is 20.7 Å². The largest absolute Gasteiger partial charge is 0.410 e. The van der Waals surface area contributed by atoms with Gasteiger partial charge in [-0.2, -0.15) is 0 Å². The van der Waals surface area contributed by atoms with Crippen LogP contribution in [0.2, 0.25) is 16.6 Å². The Balaban J connectivity index is 5.05. The number of carbonyl (C=O) groups excluding carboxylic acids is 1. The van der Waals surface area contributed by atoms with E-state index in [1.165, 1.54) is 6.08 Å². The Morgan fingerprint density at radius 1 is 0.882 bits per heavy atom. The topological polar surface area (TPSA) is 26.3 Å². The van der Waals surface area contributed by atoms with Gasteiger partial charge in [-0.1, -0.05) is 47.6 Å². The van der Waals surface area contributed by atoms with Gasteiger partial charge in [0.15, 0.2) is 0 Å². The molecule has 0 saturated heterocycles. The second-order valence-electron chi connectivity index (χ2n) is 5.66. The average molecular weight is 256 g/mol. The maximum Gasteiger partial charge on any atom is 0.201 e. The van der Waals surface area contributed by atoms with Crippen LogP contribution in [0.4, 0.5) is 0 Å². The second-order valence-corrected chi connectivity index (χ2v) is 11.1. The van der Waals surface area contributed by atoms with E-state index in [9.17, 15) is 4.79 Å². The molecule has 1 atom stereocenters. The van der Waals surface area contributed by atoms with Gasteiger partial charge in [0.2, 0.25) is 8.32 Å². The van der Waals surface area contributed by atoms with Crippen LogP contribution >= 0.6 is 0 Å². The third-order valence-corrected chi connectivity index (χ3v) is 9.75. The van der Waals surface area contributed by atoms with E-state index in [1.807, 2.05) is 13.0 Å². The highest BCUT2D eigenvalue weighted by Gasteiger charge is 2.45. The number of rotatable bonds is 7. The predicted octanol–water partition coefficient (Wildman–Crippen LogP) is 4.32. The summed E-state index contributed by atoms with van der Waals surface area (Å²) < 4.78 is 6.42. The molecule has 0 aromatic heterocycles. The van der Waals surface area contributed by atoms with Crippen molar-refractivity contribution < 1.29 is 9.22 Å². The van der Waals surface area contributed by atoms with Crippen LogP contribution in [0, 0.1) is 0 Å². The predicted molar refractivity (Wildman–Crippen MR) is 76.8 cm³/mol. The fraction of sp³-hybridized carbons (Fsp3) is 0.786. The lowest BCUT2D eigenvalue weighted by Gasteiger charge is -2.43. The van der Waals surface area contributed by atoms with E-state index in [1.54, 1.807) is 0 Å². The first-order valence-corrected chi connectivity index (χ1v) is 8.72. The van der Waals surface area contributed by atoms with Gasteiger partial charge in [0.1, 0.15) is 6.29 Å². The van der Waals surface area contributed by atoms with Gasteiger partial charge in [0.05, 0.1) is 6.10 Å². The summed E-state index contributed by atoms with van der Waals surface area (Å²) in [6, 6.07) is 0. The summed E-state index contributed by atoms with van der Waals surface area (Å²) in [6.45, 7) is 15.6. The molecule has 0 saturated carbocycles. The summed E-state index contributed by atoms with van der Waals surface area (Å²) in [5, 5.41) is 0. The Kier molecular flexibility index (Phi) is 6.94. The van der Waals surface area contributed by atoms with Gasteiger partial charge in [-0.05, 0) is 29.6 Å². The molecule has 0 rings (SSSR count). The molecule has 0 amide bonds. The quantitative estimate of drug-likeness (QED) is 0.385. The third-order valence-electron chi connectivity index (χ3n) is 3.56. The number of allylic oxidation sites excluding steroid dienone is 1. The van der Waals surface area contributed by atoms with E-state index in [2.05, 4.69) is 41.5 Å². The highest BCUT2D eigenvalue weighted by molar-refractivity contribution is 6.77. The molecular weight excluding hydrogens is 228 g/mol. The smallest absolute Gasteiger partial charge is 0.201 e. The zero-order chi connectivity index (χ0) is 13.6. The van der Waals surface area contributed by atoms with E-state index >= 15 is 0 Å². The zero-order valence-electron chi connectivity index (χ0n) is 12.4. The molecule has 0 heterocycles. The van der Waals surface area contributed by atoms with Crippen LogP contribution < -0.4 is 0 Å². The maximum absolute atomic E-state index is 10.3. The third kappa shape index (κ3) is 4.07. The fourth-order valence-corrected chi connectivity index (χ4v) is 8.51. The Labute approximate surface area is 108 Å². The summed E-state index contributed by atoms with van der Waals surface area (Å²) in [6.07, 6.45) is 4.22. The lowest BCUT2D eigenvalue weighted by molar-refractivity contribution is -0.104. The first kappa shape index (κ1) is 16.6. The highest BCUT2D eigenvalue weighted by atomic mass is 28.4. The normalized spacial score (nSPS) is 15.2. The van der Waals surface area contributed by atoms with Gasteiger partial charge in [0.25, 0.3) is 0 Å². The van der Waals surface area contributed by atoms with Crippen molar-refractivity contribution in [1.29, 1.82) is 0 Å². The summed E-state index contributed by atoms with van der Waals surface area (Å²) in [4.78, 5) is 10.3. The molecule has 0 aromatic rings. The Morgan fingerprint density at radius 2 is 1.29 bits per heavy atom. The summed E-state index contributed by atoms with van der Waals surface area (Å²) in [7, 11) is -1.81. The van der Waals surface area contributed by atoms with Crippen LogP contribution in [-0.2, 0) is 9.22 Å². The molecule has 0 fully saturated rings. The van der Waals surface area contributed by atoms with Gasteiger partial charge in [-0.15, -0.1) is 0 Å². The van der Waals surface area contributed by atoms with Gasteiger partial charge in [-0.3, -0.25) is 4.79 Å². The second kappa shape index (κ2) is 7.12. The lowest BCUT2D eigenvalue weighted by Crippen LogP contribution is -2.49. The first-order valence-electron chi connectivity index (χ1n) is 6.58. The number of aldehydes is 1. The molecule has 100 valence electrons. The molecule has 0 N–H and O–H groups in total. The minimum absolute atomic E-state index is 0.0269. The number of hydrogen-bond donors (Lipinski definition) is 0. The van der Waals surface area contributed by atoms with Crippen molar-refractivity contribution in [1.82, 2.24) is 0 Å². The van der Waals surface area contributed by atoms with E-state index < -0.39 is 8.32 Å². The minimum atomic E-state index is -1.81. The SMILES string of the molecule is CC(C)[Si](O[C@@H](C)/C=C\C=O)(C(C)C)C(C)C. The molecule has 2 nitrogen and oxygen atoms in total. The van der Waals surface area contributed by atoms with E-state index in [-0.39, 0.29) is 6.10 Å². The Morgan fingerprint density at radius 3 is 1.59 bits per heavy atom.